The van der Waals surface area contributed by atoms with E-state index in [0.29, 0.717) is 19.7 Å². The van der Waals surface area contributed by atoms with E-state index < -0.39 is 0 Å². The van der Waals surface area contributed by atoms with Gasteiger partial charge in [-0.3, -0.25) is 0 Å². The monoisotopic (exact) mass is 343 g/mol. The summed E-state index contributed by atoms with van der Waals surface area (Å²) in [6, 6.07) is 15.2. The molecule has 0 bridgehead atoms. The molecule has 0 saturated carbocycles. The maximum absolute atomic E-state index is 11.8. The number of anilines is 1. The highest BCUT2D eigenvalue weighted by molar-refractivity contribution is 5.73. The molecular weight excluding hydrogens is 318 g/mol. The number of ether oxygens (including phenoxy) is 2. The molecule has 0 aromatic heterocycles. The summed E-state index contributed by atoms with van der Waals surface area (Å²) in [6.45, 7) is 1.31. The molecule has 0 aliphatic heterocycles. The van der Waals surface area contributed by atoms with Gasteiger partial charge in [0.05, 0.1) is 13.7 Å². The lowest BCUT2D eigenvalue weighted by molar-refractivity contribution is 0.236. The Morgan fingerprint density at radius 1 is 0.960 bits per heavy atom. The molecule has 2 aromatic carbocycles. The topological polar surface area (TPSA) is 62.8 Å². The van der Waals surface area contributed by atoms with Gasteiger partial charge in [-0.05, 0) is 42.0 Å². The molecule has 0 aliphatic rings. The molecule has 0 unspecified atom stereocenters. The zero-order valence-electron chi connectivity index (χ0n) is 14.9. The van der Waals surface area contributed by atoms with Crippen molar-refractivity contribution in [2.24, 2.45) is 0 Å². The van der Waals surface area contributed by atoms with Gasteiger partial charge in [-0.15, -0.1) is 0 Å². The van der Waals surface area contributed by atoms with Gasteiger partial charge in [0.15, 0.2) is 0 Å². The fourth-order valence-electron chi connectivity index (χ4n) is 2.16. The number of hydrogen-bond acceptors (Lipinski definition) is 4. The quantitative estimate of drug-likeness (QED) is 0.724. The van der Waals surface area contributed by atoms with Crippen LogP contribution in [0.1, 0.15) is 5.56 Å². The highest BCUT2D eigenvalue weighted by Gasteiger charge is 2.01. The molecule has 25 heavy (non-hydrogen) atoms. The summed E-state index contributed by atoms with van der Waals surface area (Å²) in [4.78, 5) is 13.8. The van der Waals surface area contributed by atoms with Crippen LogP contribution in [0.15, 0.2) is 48.5 Å². The number of hydrogen-bond donors (Lipinski definition) is 2. The van der Waals surface area contributed by atoms with Crippen molar-refractivity contribution in [1.82, 2.24) is 10.6 Å². The Morgan fingerprint density at radius 3 is 2.20 bits per heavy atom. The molecule has 6 nitrogen and oxygen atoms in total. The summed E-state index contributed by atoms with van der Waals surface area (Å²) < 4.78 is 10.6. The summed E-state index contributed by atoms with van der Waals surface area (Å²) in [6.07, 6.45) is 0. The predicted molar refractivity (Wildman–Crippen MR) is 99.5 cm³/mol. The average molecular weight is 343 g/mol. The van der Waals surface area contributed by atoms with E-state index in [9.17, 15) is 4.79 Å². The lowest BCUT2D eigenvalue weighted by atomic mass is 10.2. The molecule has 2 N–H and O–H groups in total. The maximum atomic E-state index is 11.8. The van der Waals surface area contributed by atoms with E-state index in [0.717, 1.165) is 22.7 Å². The number of methoxy groups -OCH3 is 1. The maximum Gasteiger partial charge on any atom is 0.315 e. The lowest BCUT2D eigenvalue weighted by Gasteiger charge is -2.13. The van der Waals surface area contributed by atoms with Gasteiger partial charge in [-0.2, -0.15) is 0 Å². The van der Waals surface area contributed by atoms with Crippen LogP contribution < -0.4 is 25.0 Å². The van der Waals surface area contributed by atoms with Crippen LogP contribution in [0.5, 0.6) is 11.5 Å². The fourth-order valence-corrected chi connectivity index (χ4v) is 2.16. The third kappa shape index (κ3) is 6.25. The molecule has 0 heterocycles. The Labute approximate surface area is 148 Å². The fraction of sp³-hybridized carbons (Fsp3) is 0.316. The summed E-state index contributed by atoms with van der Waals surface area (Å²) in [5.41, 5.74) is 2.18. The van der Waals surface area contributed by atoms with E-state index in [1.807, 2.05) is 67.5 Å². The average Bonchev–Trinajstić information content (AvgIpc) is 2.64. The molecule has 0 aliphatic carbocycles. The first-order valence-electron chi connectivity index (χ1n) is 8.13. The van der Waals surface area contributed by atoms with Crippen molar-refractivity contribution in [2.75, 3.05) is 39.3 Å². The van der Waals surface area contributed by atoms with Crippen molar-refractivity contribution in [3.63, 3.8) is 0 Å². The third-order valence-electron chi connectivity index (χ3n) is 3.62. The van der Waals surface area contributed by atoms with Crippen LogP contribution in [-0.4, -0.2) is 40.4 Å². The van der Waals surface area contributed by atoms with Gasteiger partial charge in [0.1, 0.15) is 18.1 Å². The number of nitrogens with zero attached hydrogens (tertiary/aromatic N) is 1. The summed E-state index contributed by atoms with van der Waals surface area (Å²) >= 11 is 0. The van der Waals surface area contributed by atoms with Crippen molar-refractivity contribution in [2.45, 2.75) is 6.54 Å². The highest BCUT2D eigenvalue weighted by atomic mass is 16.5. The molecule has 0 saturated heterocycles. The summed E-state index contributed by atoms with van der Waals surface area (Å²) in [7, 11) is 5.61. The molecule has 2 rings (SSSR count). The highest BCUT2D eigenvalue weighted by Crippen LogP contribution is 2.16. The minimum Gasteiger partial charge on any atom is -0.497 e. The molecule has 2 aromatic rings. The zero-order chi connectivity index (χ0) is 18.1. The number of carbonyl (C=O) groups is 1. The smallest absolute Gasteiger partial charge is 0.315 e. The number of carbonyl (C=O) groups excluding carboxylic acids is 1. The van der Waals surface area contributed by atoms with Gasteiger partial charge < -0.3 is 25.0 Å². The van der Waals surface area contributed by atoms with Gasteiger partial charge in [0, 0.05) is 26.3 Å². The van der Waals surface area contributed by atoms with E-state index in [1.54, 1.807) is 7.11 Å². The van der Waals surface area contributed by atoms with E-state index in [4.69, 9.17) is 9.47 Å². The Bertz CT molecular complexity index is 655. The van der Waals surface area contributed by atoms with Crippen molar-refractivity contribution in [3.05, 3.63) is 54.1 Å². The Hall–Kier alpha value is -2.89. The minimum absolute atomic E-state index is 0.213. The molecular formula is C19H25N3O3. The van der Waals surface area contributed by atoms with Crippen LogP contribution in [0, 0.1) is 0 Å². The molecule has 0 radical (unpaired) electrons. The third-order valence-corrected chi connectivity index (χ3v) is 3.62. The molecule has 2 amide bonds. The van der Waals surface area contributed by atoms with Crippen molar-refractivity contribution in [3.8, 4) is 11.5 Å². The van der Waals surface area contributed by atoms with Crippen molar-refractivity contribution in [1.29, 1.82) is 0 Å². The van der Waals surface area contributed by atoms with Crippen LogP contribution in [0.25, 0.3) is 0 Å². The van der Waals surface area contributed by atoms with Gasteiger partial charge in [-0.25, -0.2) is 4.79 Å². The van der Waals surface area contributed by atoms with E-state index >= 15 is 0 Å². The minimum atomic E-state index is -0.213. The first-order valence-corrected chi connectivity index (χ1v) is 8.13. The summed E-state index contributed by atoms with van der Waals surface area (Å²) in [5, 5.41) is 5.59. The van der Waals surface area contributed by atoms with Gasteiger partial charge in [-0.1, -0.05) is 12.1 Å². The number of rotatable bonds is 8. The van der Waals surface area contributed by atoms with Crippen LogP contribution in [-0.2, 0) is 6.54 Å². The number of nitrogens with one attached hydrogen (secondary N) is 2. The molecule has 6 heteroatoms. The van der Waals surface area contributed by atoms with E-state index in [2.05, 4.69) is 10.6 Å². The Balaban J connectivity index is 1.63. The van der Waals surface area contributed by atoms with Gasteiger partial charge in [0.2, 0.25) is 0 Å². The second-order valence-electron chi connectivity index (χ2n) is 5.69. The van der Waals surface area contributed by atoms with Crippen molar-refractivity contribution >= 4 is 11.7 Å². The van der Waals surface area contributed by atoms with Crippen LogP contribution >= 0.6 is 0 Å². The van der Waals surface area contributed by atoms with Crippen LogP contribution in [0.4, 0.5) is 10.5 Å². The second-order valence-corrected chi connectivity index (χ2v) is 5.69. The SMILES string of the molecule is COc1ccc(OCCNC(=O)NCc2ccc(N(C)C)cc2)cc1. The normalized spacial score (nSPS) is 10.0. The number of amides is 2. The molecule has 0 atom stereocenters. The van der Waals surface area contributed by atoms with Gasteiger partial charge in [0.25, 0.3) is 0 Å². The van der Waals surface area contributed by atoms with Crippen LogP contribution in [0.3, 0.4) is 0 Å². The predicted octanol–water partition coefficient (Wildman–Crippen LogP) is 2.64. The van der Waals surface area contributed by atoms with Gasteiger partial charge >= 0.3 is 6.03 Å². The first-order chi connectivity index (χ1) is 12.1. The van der Waals surface area contributed by atoms with E-state index in [-0.39, 0.29) is 6.03 Å². The number of benzene rings is 2. The van der Waals surface area contributed by atoms with Crippen molar-refractivity contribution < 1.29 is 14.3 Å². The Morgan fingerprint density at radius 2 is 1.60 bits per heavy atom. The lowest BCUT2D eigenvalue weighted by Crippen LogP contribution is -2.37. The molecule has 0 fully saturated rings. The zero-order valence-corrected chi connectivity index (χ0v) is 14.9. The second kappa shape index (κ2) is 9.42. The summed E-state index contributed by atoms with van der Waals surface area (Å²) in [5.74, 6) is 1.52. The first kappa shape index (κ1) is 18.4. The molecule has 134 valence electrons. The number of urea groups is 1. The largest absolute Gasteiger partial charge is 0.497 e. The van der Waals surface area contributed by atoms with Crippen LogP contribution in [0.2, 0.25) is 0 Å². The molecule has 0 spiro atoms. The van der Waals surface area contributed by atoms with E-state index in [1.165, 1.54) is 0 Å². The standard InChI is InChI=1S/C19H25N3O3/c1-22(2)16-6-4-15(5-7-16)14-21-19(23)20-12-13-25-18-10-8-17(24-3)9-11-18/h4-11H,12-14H2,1-3H3,(H2,20,21,23). The Kier molecular flexibility index (Phi) is 6.95.